The topological polar surface area (TPSA) is 79.3 Å². The summed E-state index contributed by atoms with van der Waals surface area (Å²) in [5.41, 5.74) is 14.2. The van der Waals surface area contributed by atoms with E-state index in [9.17, 15) is 14.4 Å². The molecule has 2 aliphatic rings. The highest BCUT2D eigenvalue weighted by Gasteiger charge is 2.41. The largest absolute Gasteiger partial charge is 0.487 e. The van der Waals surface area contributed by atoms with Gasteiger partial charge in [-0.05, 0) is 86.2 Å². The smallest absolute Gasteiger partial charge is 0.161 e. The van der Waals surface area contributed by atoms with E-state index in [4.69, 9.17) is 22.1 Å². The average Bonchev–Trinajstić information content (AvgIpc) is 2.89. The summed E-state index contributed by atoms with van der Waals surface area (Å²) in [6.07, 6.45) is 1.85. The number of carbonyl (C=O) groups excluding carboxylic acids is 1. The molecule has 0 bridgehead atoms. The predicted octanol–water partition coefficient (Wildman–Crippen LogP) is 7.29. The van der Waals surface area contributed by atoms with Gasteiger partial charge in [0.1, 0.15) is 24.0 Å². The minimum absolute atomic E-state index is 0.0366. The van der Waals surface area contributed by atoms with Crippen LogP contribution in [-0.4, -0.2) is 5.78 Å². The van der Waals surface area contributed by atoms with Crippen LogP contribution in [0.5, 0.6) is 5.75 Å². The van der Waals surface area contributed by atoms with Gasteiger partial charge in [0.15, 0.2) is 5.78 Å². The Morgan fingerprint density at radius 2 is 1.82 bits per heavy atom. The molecule has 0 saturated carbocycles. The summed E-state index contributed by atoms with van der Waals surface area (Å²) >= 11 is 6.16. The van der Waals surface area contributed by atoms with Gasteiger partial charge in [-0.1, -0.05) is 41.4 Å². The molecule has 198 valence electrons. The van der Waals surface area contributed by atoms with Crippen LogP contribution < -0.4 is 15.4 Å². The van der Waals surface area contributed by atoms with Gasteiger partial charge >= 0.3 is 0 Å². The molecule has 5 nitrogen and oxygen atoms in total. The van der Waals surface area contributed by atoms with Gasteiger partial charge in [-0.3, -0.25) is 9.69 Å². The number of hydrogen-bond donors (Lipinski definition) is 1. The quantitative estimate of drug-likeness (QED) is 0.367. The molecule has 7 heteroatoms. The molecule has 0 amide bonds. The van der Waals surface area contributed by atoms with Crippen molar-refractivity contribution in [1.29, 1.82) is 5.26 Å². The molecule has 2 N–H and O–H groups in total. The number of nitriles is 1. The van der Waals surface area contributed by atoms with Crippen LogP contribution in [0.25, 0.3) is 0 Å². The van der Waals surface area contributed by atoms with Crippen LogP contribution in [0.3, 0.4) is 0 Å². The van der Waals surface area contributed by atoms with Gasteiger partial charge in [-0.15, -0.1) is 0 Å². The SMILES string of the molecule is Cc1ccc(N2C(N)=C(C#N)C(c3cc(COc4ccc(F)cc4Cl)c(C)cc3C)C3=C2CCCC3=O)cc1. The molecule has 1 atom stereocenters. The zero-order valence-corrected chi connectivity index (χ0v) is 22.9. The zero-order chi connectivity index (χ0) is 27.8. The summed E-state index contributed by atoms with van der Waals surface area (Å²) in [7, 11) is 0. The Morgan fingerprint density at radius 3 is 2.51 bits per heavy atom. The van der Waals surface area contributed by atoms with E-state index in [1.807, 2.05) is 62.1 Å². The lowest BCUT2D eigenvalue weighted by atomic mass is 9.74. The van der Waals surface area contributed by atoms with E-state index in [0.717, 1.165) is 45.6 Å². The summed E-state index contributed by atoms with van der Waals surface area (Å²) in [5, 5.41) is 10.6. The normalized spacial score (nSPS) is 17.3. The number of hydrogen-bond acceptors (Lipinski definition) is 5. The minimum Gasteiger partial charge on any atom is -0.487 e. The maximum atomic E-state index is 13.5. The number of Topliss-reactive ketones (excluding diaryl/α,β-unsaturated/α-hetero) is 1. The molecule has 0 aromatic heterocycles. The molecule has 0 fully saturated rings. The fraction of sp³-hybridized carbons (Fsp3) is 0.250. The molecule has 39 heavy (non-hydrogen) atoms. The lowest BCUT2D eigenvalue weighted by Crippen LogP contribution is -2.38. The van der Waals surface area contributed by atoms with E-state index in [1.54, 1.807) is 0 Å². The number of allylic oxidation sites excluding steroid dienone is 3. The maximum absolute atomic E-state index is 13.5. The highest BCUT2D eigenvalue weighted by molar-refractivity contribution is 6.32. The Bertz CT molecular complexity index is 1580. The molecular weight excluding hydrogens is 513 g/mol. The highest BCUT2D eigenvalue weighted by atomic mass is 35.5. The molecule has 0 radical (unpaired) electrons. The Morgan fingerprint density at radius 1 is 1.08 bits per heavy atom. The minimum atomic E-state index is -0.576. The number of nitrogens with zero attached hydrogens (tertiary/aromatic N) is 2. The number of aryl methyl sites for hydroxylation is 3. The van der Waals surface area contributed by atoms with Crippen LogP contribution >= 0.6 is 11.6 Å². The van der Waals surface area contributed by atoms with Gasteiger partial charge in [-0.25, -0.2) is 4.39 Å². The molecule has 0 saturated heterocycles. The lowest BCUT2D eigenvalue weighted by molar-refractivity contribution is -0.116. The Kier molecular flexibility index (Phi) is 7.20. The fourth-order valence-corrected chi connectivity index (χ4v) is 5.74. The number of halogens is 2. The highest BCUT2D eigenvalue weighted by Crippen LogP contribution is 2.47. The first-order chi connectivity index (χ1) is 18.7. The number of anilines is 1. The maximum Gasteiger partial charge on any atom is 0.161 e. The third-order valence-corrected chi connectivity index (χ3v) is 7.81. The number of carbonyl (C=O) groups is 1. The summed E-state index contributed by atoms with van der Waals surface area (Å²) in [5.74, 6) is -0.258. The van der Waals surface area contributed by atoms with Crippen LogP contribution in [0.2, 0.25) is 5.02 Å². The predicted molar refractivity (Wildman–Crippen MR) is 151 cm³/mol. The third-order valence-electron chi connectivity index (χ3n) is 7.52. The first-order valence-corrected chi connectivity index (χ1v) is 13.3. The van der Waals surface area contributed by atoms with Crippen molar-refractivity contribution in [3.8, 4) is 11.8 Å². The number of ether oxygens (including phenoxy) is 1. The number of ketones is 1. The van der Waals surface area contributed by atoms with Gasteiger partial charge in [0.05, 0.1) is 22.6 Å². The van der Waals surface area contributed by atoms with Crippen molar-refractivity contribution in [3.05, 3.63) is 116 Å². The molecule has 1 unspecified atom stereocenters. The molecular formula is C32H29ClFN3O2. The summed E-state index contributed by atoms with van der Waals surface area (Å²) in [6.45, 7) is 6.16. The standard InChI is InChI=1S/C32H29ClFN3O2/c1-18-7-10-23(11-8-18)37-27-5-4-6-28(38)31(27)30(25(16-35)32(37)36)24-14-21(19(2)13-20(24)3)17-39-29-12-9-22(34)15-26(29)33/h7-15,30H,4-6,17,36H2,1-3H3. The monoisotopic (exact) mass is 541 g/mol. The second-order valence-corrected chi connectivity index (χ2v) is 10.6. The van der Waals surface area contributed by atoms with Crippen molar-refractivity contribution >= 4 is 23.1 Å². The molecule has 1 aliphatic carbocycles. The second kappa shape index (κ2) is 10.6. The van der Waals surface area contributed by atoms with Gasteiger partial charge in [0.2, 0.25) is 0 Å². The zero-order valence-electron chi connectivity index (χ0n) is 22.1. The molecule has 1 heterocycles. The first-order valence-electron chi connectivity index (χ1n) is 12.9. The van der Waals surface area contributed by atoms with Crippen LogP contribution in [0.15, 0.2) is 77.3 Å². The lowest BCUT2D eigenvalue weighted by Gasteiger charge is -2.40. The first kappa shape index (κ1) is 26.5. The summed E-state index contributed by atoms with van der Waals surface area (Å²) in [6, 6.07) is 18.3. The van der Waals surface area contributed by atoms with Crippen LogP contribution in [0.4, 0.5) is 10.1 Å². The van der Waals surface area contributed by atoms with Crippen molar-refractivity contribution in [2.75, 3.05) is 4.90 Å². The third kappa shape index (κ3) is 4.91. The van der Waals surface area contributed by atoms with Crippen molar-refractivity contribution in [1.82, 2.24) is 0 Å². The van der Waals surface area contributed by atoms with E-state index in [2.05, 4.69) is 6.07 Å². The van der Waals surface area contributed by atoms with Crippen LogP contribution in [0.1, 0.15) is 53.0 Å². The number of nitrogens with two attached hydrogens (primary N) is 1. The molecule has 3 aromatic rings. The van der Waals surface area contributed by atoms with Gasteiger partial charge < -0.3 is 10.5 Å². The van der Waals surface area contributed by atoms with E-state index in [0.29, 0.717) is 35.6 Å². The van der Waals surface area contributed by atoms with Crippen molar-refractivity contribution < 1.29 is 13.9 Å². The van der Waals surface area contributed by atoms with Crippen molar-refractivity contribution in [2.24, 2.45) is 5.73 Å². The Balaban J connectivity index is 1.61. The average molecular weight is 542 g/mol. The summed E-state index contributed by atoms with van der Waals surface area (Å²) < 4.78 is 19.4. The van der Waals surface area contributed by atoms with Crippen molar-refractivity contribution in [3.63, 3.8) is 0 Å². The van der Waals surface area contributed by atoms with Crippen LogP contribution in [-0.2, 0) is 11.4 Å². The molecule has 5 rings (SSSR count). The number of rotatable bonds is 5. The Hall–Kier alpha value is -4.08. The van der Waals surface area contributed by atoms with E-state index < -0.39 is 11.7 Å². The molecule has 3 aromatic carbocycles. The molecule has 1 aliphatic heterocycles. The van der Waals surface area contributed by atoms with Crippen LogP contribution in [0, 0.1) is 37.9 Å². The van der Waals surface area contributed by atoms with E-state index in [1.165, 1.54) is 18.2 Å². The second-order valence-electron chi connectivity index (χ2n) is 10.2. The Labute approximate surface area is 233 Å². The molecule has 0 spiro atoms. The number of benzene rings is 3. The van der Waals surface area contributed by atoms with Gasteiger partial charge in [-0.2, -0.15) is 5.26 Å². The van der Waals surface area contributed by atoms with E-state index in [-0.39, 0.29) is 17.4 Å². The summed E-state index contributed by atoms with van der Waals surface area (Å²) in [4.78, 5) is 15.4. The fourth-order valence-electron chi connectivity index (χ4n) is 5.52. The van der Waals surface area contributed by atoms with E-state index >= 15 is 0 Å². The van der Waals surface area contributed by atoms with Gasteiger partial charge in [0, 0.05) is 23.4 Å². The van der Waals surface area contributed by atoms with Gasteiger partial charge in [0.25, 0.3) is 0 Å². The van der Waals surface area contributed by atoms with Crippen molar-refractivity contribution in [2.45, 2.75) is 52.6 Å².